The third-order valence-corrected chi connectivity index (χ3v) is 7.94. The van der Waals surface area contributed by atoms with Gasteiger partial charge in [-0.2, -0.15) is 0 Å². The molecule has 1 aliphatic heterocycles. The average Bonchev–Trinajstić information content (AvgIpc) is 2.85. The Morgan fingerprint density at radius 1 is 0.882 bits per heavy atom. The summed E-state index contributed by atoms with van der Waals surface area (Å²) in [5, 5.41) is 10.8. The lowest BCUT2D eigenvalue weighted by atomic mass is 9.75. The van der Waals surface area contributed by atoms with Gasteiger partial charge in [0.1, 0.15) is 0 Å². The number of ether oxygens (including phenoxy) is 1. The molecule has 2 aromatic rings. The van der Waals surface area contributed by atoms with Gasteiger partial charge in [-0.25, -0.2) is 0 Å². The van der Waals surface area contributed by atoms with Crippen LogP contribution in [0.15, 0.2) is 60.7 Å². The van der Waals surface area contributed by atoms with Crippen LogP contribution in [0.2, 0.25) is 0 Å². The van der Waals surface area contributed by atoms with Crippen LogP contribution in [0.1, 0.15) is 57.2 Å². The summed E-state index contributed by atoms with van der Waals surface area (Å²) < 4.78 is 6.32. The van der Waals surface area contributed by atoms with Gasteiger partial charge in [-0.1, -0.05) is 87.9 Å². The van der Waals surface area contributed by atoms with Crippen molar-refractivity contribution in [2.45, 2.75) is 58.3 Å². The Bertz CT molecular complexity index is 796. The summed E-state index contributed by atoms with van der Waals surface area (Å²) in [6, 6.07) is 21.9. The number of hydrogen-bond donors (Lipinski definition) is 1. The van der Waals surface area contributed by atoms with Crippen LogP contribution in [-0.4, -0.2) is 66.4 Å². The van der Waals surface area contributed by atoms with Crippen LogP contribution >= 0.6 is 0 Å². The van der Waals surface area contributed by atoms with Gasteiger partial charge >= 0.3 is 0 Å². The molecule has 1 heterocycles. The number of β-amino-alcohol motifs (C(OH)–C–C–N with tert-alkyl or cyclic N) is 1. The molecule has 0 bridgehead atoms. The molecule has 1 saturated heterocycles. The average molecular weight is 465 g/mol. The fourth-order valence-corrected chi connectivity index (χ4v) is 5.98. The van der Waals surface area contributed by atoms with Crippen LogP contribution in [0.25, 0.3) is 0 Å². The van der Waals surface area contributed by atoms with E-state index in [0.717, 1.165) is 38.5 Å². The molecule has 186 valence electrons. The zero-order valence-corrected chi connectivity index (χ0v) is 21.4. The molecule has 4 nitrogen and oxygen atoms in total. The largest absolute Gasteiger partial charge is 0.389 e. The van der Waals surface area contributed by atoms with Crippen molar-refractivity contribution in [2.75, 3.05) is 39.3 Å². The Labute approximate surface area is 206 Å². The van der Waals surface area contributed by atoms with Crippen LogP contribution in [0, 0.1) is 17.8 Å². The molecule has 1 aliphatic carbocycles. The smallest absolute Gasteiger partial charge is 0.0900 e. The van der Waals surface area contributed by atoms with Crippen molar-refractivity contribution in [1.29, 1.82) is 0 Å². The van der Waals surface area contributed by atoms with Crippen LogP contribution in [0.4, 0.5) is 0 Å². The normalized spacial score (nSPS) is 25.6. The van der Waals surface area contributed by atoms with Crippen molar-refractivity contribution < 1.29 is 9.84 Å². The highest BCUT2D eigenvalue weighted by atomic mass is 16.5. The van der Waals surface area contributed by atoms with Gasteiger partial charge < -0.3 is 9.84 Å². The molecule has 0 spiro atoms. The first-order valence-corrected chi connectivity index (χ1v) is 13.4. The number of hydrogen-bond acceptors (Lipinski definition) is 4. The molecule has 1 N–H and O–H groups in total. The fraction of sp³-hybridized carbons (Fsp3) is 0.600. The van der Waals surface area contributed by atoms with Gasteiger partial charge in [0.15, 0.2) is 0 Å². The van der Waals surface area contributed by atoms with Crippen molar-refractivity contribution in [3.63, 3.8) is 0 Å². The van der Waals surface area contributed by atoms with E-state index in [-0.39, 0.29) is 6.04 Å². The molecule has 0 aromatic heterocycles. The summed E-state index contributed by atoms with van der Waals surface area (Å²) in [6.45, 7) is 12.1. The zero-order valence-electron chi connectivity index (χ0n) is 21.4. The third kappa shape index (κ3) is 6.69. The van der Waals surface area contributed by atoms with E-state index in [1.165, 1.54) is 24.0 Å². The maximum absolute atomic E-state index is 10.8. The van der Waals surface area contributed by atoms with Crippen molar-refractivity contribution in [2.24, 2.45) is 17.8 Å². The van der Waals surface area contributed by atoms with Crippen LogP contribution < -0.4 is 0 Å². The summed E-state index contributed by atoms with van der Waals surface area (Å²) in [4.78, 5) is 4.99. The minimum Gasteiger partial charge on any atom is -0.389 e. The lowest BCUT2D eigenvalue weighted by Gasteiger charge is -2.40. The van der Waals surface area contributed by atoms with E-state index in [1.54, 1.807) is 0 Å². The summed E-state index contributed by atoms with van der Waals surface area (Å²) in [7, 11) is 0. The van der Waals surface area contributed by atoms with Gasteiger partial charge in [-0.05, 0) is 41.7 Å². The Kier molecular flexibility index (Phi) is 9.18. The topological polar surface area (TPSA) is 35.9 Å². The van der Waals surface area contributed by atoms with E-state index in [4.69, 9.17) is 4.74 Å². The highest BCUT2D eigenvalue weighted by Gasteiger charge is 2.32. The maximum atomic E-state index is 10.8. The first-order valence-electron chi connectivity index (χ1n) is 13.4. The lowest BCUT2D eigenvalue weighted by Crippen LogP contribution is -2.50. The molecule has 4 heteroatoms. The molecule has 0 radical (unpaired) electrons. The number of benzene rings is 2. The maximum Gasteiger partial charge on any atom is 0.0900 e. The van der Waals surface area contributed by atoms with Crippen molar-refractivity contribution in [3.8, 4) is 0 Å². The van der Waals surface area contributed by atoms with E-state index in [9.17, 15) is 5.11 Å². The summed E-state index contributed by atoms with van der Waals surface area (Å²) >= 11 is 0. The summed E-state index contributed by atoms with van der Waals surface area (Å²) in [6.07, 6.45) is 3.58. The lowest BCUT2D eigenvalue weighted by molar-refractivity contribution is -0.0757. The molecule has 4 atom stereocenters. The highest BCUT2D eigenvalue weighted by molar-refractivity contribution is 5.31. The van der Waals surface area contributed by atoms with E-state index in [2.05, 4.69) is 91.2 Å². The number of aliphatic hydroxyl groups excluding tert-OH is 1. The van der Waals surface area contributed by atoms with Crippen LogP contribution in [-0.2, 0) is 4.74 Å². The fourth-order valence-electron chi connectivity index (χ4n) is 5.98. The second kappa shape index (κ2) is 12.3. The molecule has 2 fully saturated rings. The summed E-state index contributed by atoms with van der Waals surface area (Å²) in [5.41, 5.74) is 2.69. The Morgan fingerprint density at radius 2 is 1.47 bits per heavy atom. The molecule has 1 saturated carbocycles. The first-order chi connectivity index (χ1) is 16.5. The predicted molar refractivity (Wildman–Crippen MR) is 140 cm³/mol. The van der Waals surface area contributed by atoms with Crippen molar-refractivity contribution in [3.05, 3.63) is 71.8 Å². The molecule has 2 aromatic carbocycles. The minimum atomic E-state index is -0.421. The highest BCUT2D eigenvalue weighted by Crippen LogP contribution is 2.35. The number of nitrogens with zero attached hydrogens (tertiary/aromatic N) is 2. The zero-order chi connectivity index (χ0) is 23.9. The summed E-state index contributed by atoms with van der Waals surface area (Å²) in [5.74, 6) is 2.00. The van der Waals surface area contributed by atoms with Crippen LogP contribution in [0.3, 0.4) is 0 Å². The van der Waals surface area contributed by atoms with Gasteiger partial charge in [-0.3, -0.25) is 9.80 Å². The SMILES string of the molecule is CC(C)[C@H]1CC[C@@H](C)C[C@@H]1OC[C@@H](O)CN1CCN(C(c2ccccc2)c2ccccc2)CC1. The molecular weight excluding hydrogens is 420 g/mol. The van der Waals surface area contributed by atoms with Crippen molar-refractivity contribution in [1.82, 2.24) is 9.80 Å². The first kappa shape index (κ1) is 25.4. The van der Waals surface area contributed by atoms with E-state index in [1.807, 2.05) is 0 Å². The minimum absolute atomic E-state index is 0.277. The standard InChI is InChI=1S/C30H44N2O2/c1-23(2)28-15-14-24(3)20-29(28)34-22-27(33)21-31-16-18-32(19-17-31)30(25-10-6-4-7-11-25)26-12-8-5-9-13-26/h4-13,23-24,27-30,33H,14-22H2,1-3H3/t24-,27+,28-,29+/m1/s1. The van der Waals surface area contributed by atoms with Gasteiger partial charge in [0.05, 0.1) is 24.9 Å². The predicted octanol–water partition coefficient (Wildman–Crippen LogP) is 5.23. The van der Waals surface area contributed by atoms with Gasteiger partial charge in [0.25, 0.3) is 0 Å². The molecular formula is C30H44N2O2. The molecule has 34 heavy (non-hydrogen) atoms. The number of rotatable bonds is 9. The van der Waals surface area contributed by atoms with Gasteiger partial charge in [0.2, 0.25) is 0 Å². The Hall–Kier alpha value is -1.72. The molecule has 2 aliphatic rings. The van der Waals surface area contributed by atoms with Crippen LogP contribution in [0.5, 0.6) is 0 Å². The van der Waals surface area contributed by atoms with E-state index < -0.39 is 6.10 Å². The van der Waals surface area contributed by atoms with E-state index in [0.29, 0.717) is 31.1 Å². The van der Waals surface area contributed by atoms with E-state index >= 15 is 0 Å². The van der Waals surface area contributed by atoms with Gasteiger partial charge in [0, 0.05) is 32.7 Å². The monoisotopic (exact) mass is 464 g/mol. The molecule has 0 unspecified atom stereocenters. The Balaban J connectivity index is 1.29. The second-order valence-electron chi connectivity index (χ2n) is 10.9. The third-order valence-electron chi connectivity index (χ3n) is 7.94. The van der Waals surface area contributed by atoms with Gasteiger partial charge in [-0.15, -0.1) is 0 Å². The Morgan fingerprint density at radius 3 is 2.03 bits per heavy atom. The second-order valence-corrected chi connectivity index (χ2v) is 10.9. The molecule has 4 rings (SSSR count). The molecule has 0 amide bonds. The number of piperazine rings is 1. The van der Waals surface area contributed by atoms with Crippen molar-refractivity contribution >= 4 is 0 Å². The quantitative estimate of drug-likeness (QED) is 0.551. The number of aliphatic hydroxyl groups is 1.